The van der Waals surface area contributed by atoms with Crippen molar-refractivity contribution >= 4 is 34.6 Å². The molecule has 3 aromatic rings. The lowest BCUT2D eigenvalue weighted by Gasteiger charge is -2.32. The van der Waals surface area contributed by atoms with Crippen LogP contribution < -0.4 is 9.47 Å². The molecule has 0 spiro atoms. The molecule has 0 saturated heterocycles. The molecule has 1 fully saturated rings. The normalized spacial score (nSPS) is 13.5. The quantitative estimate of drug-likeness (QED) is 0.332. The first-order chi connectivity index (χ1) is 17.7. The van der Waals surface area contributed by atoms with Gasteiger partial charge in [-0.1, -0.05) is 19.1 Å². The van der Waals surface area contributed by atoms with Gasteiger partial charge in [0.25, 0.3) is 5.91 Å². The number of rotatable bonds is 10. The molecule has 196 valence electrons. The second-order valence-corrected chi connectivity index (χ2v) is 8.99. The summed E-state index contributed by atoms with van der Waals surface area (Å²) in [6.07, 6.45) is 3.09. The number of carboxylic acid groups (broad SMARTS) is 1. The van der Waals surface area contributed by atoms with E-state index in [4.69, 9.17) is 26.4 Å². The Balaban J connectivity index is 1.75. The summed E-state index contributed by atoms with van der Waals surface area (Å²) < 4.78 is 53.1. The summed E-state index contributed by atoms with van der Waals surface area (Å²) in [4.78, 5) is 28.0. The minimum atomic E-state index is -3.24. The van der Waals surface area contributed by atoms with E-state index in [-0.39, 0.29) is 52.8 Å². The number of pyridine rings is 1. The summed E-state index contributed by atoms with van der Waals surface area (Å²) in [7, 11) is 0. The molecule has 1 aromatic heterocycles. The minimum absolute atomic E-state index is 0.0108. The molecule has 0 radical (unpaired) electrons. The number of fused-ring (bicyclic) bond motifs is 1. The van der Waals surface area contributed by atoms with Crippen LogP contribution in [0.4, 0.5) is 13.2 Å². The number of carboxylic acids is 1. The van der Waals surface area contributed by atoms with Crippen molar-refractivity contribution < 1.29 is 37.3 Å². The first-order valence-corrected chi connectivity index (χ1v) is 12.0. The number of hydrogen-bond acceptors (Lipinski definition) is 5. The molecule has 2 aromatic carbocycles. The number of halogens is 4. The molecule has 0 bridgehead atoms. The van der Waals surface area contributed by atoms with E-state index >= 15 is 0 Å². The average Bonchev–Trinajstić information content (AvgIpc) is 2.83. The van der Waals surface area contributed by atoms with Gasteiger partial charge in [-0.3, -0.25) is 4.79 Å². The van der Waals surface area contributed by atoms with E-state index < -0.39 is 25.0 Å². The number of hydrogen-bond donors (Lipinski definition) is 1. The van der Waals surface area contributed by atoms with Crippen LogP contribution in [-0.2, 0) is 17.6 Å². The summed E-state index contributed by atoms with van der Waals surface area (Å²) in [5.41, 5.74) is 1.37. The van der Waals surface area contributed by atoms with Crippen LogP contribution >= 0.6 is 11.8 Å². The number of aryl methyl sites for hydroxylation is 1. The van der Waals surface area contributed by atoms with Gasteiger partial charge in [0.15, 0.2) is 6.61 Å². The third-order valence-electron chi connectivity index (χ3n) is 6.25. The highest BCUT2D eigenvalue weighted by Gasteiger charge is 2.29. The fraction of sp³-hybridized carbons (Fsp3) is 0.346. The maximum atomic E-state index is 14.7. The van der Waals surface area contributed by atoms with E-state index in [1.165, 1.54) is 4.42 Å². The van der Waals surface area contributed by atoms with Gasteiger partial charge in [-0.25, -0.2) is 18.6 Å². The van der Waals surface area contributed by atoms with E-state index in [2.05, 4.69) is 4.98 Å². The fourth-order valence-electron chi connectivity index (χ4n) is 4.19. The van der Waals surface area contributed by atoms with Crippen molar-refractivity contribution in [2.45, 2.75) is 51.7 Å². The van der Waals surface area contributed by atoms with E-state index in [0.29, 0.717) is 16.8 Å². The molecular weight excluding hydrogens is 513 g/mol. The standard InChI is InChI=1S/C26H24ClF3N2O5/c1-2-19-17(12-14-6-8-15(9-7-14)25(35)32(27)16-4-3-5-16)24(37-26(29)30)22-20(36-13-21(33)34)11-10-18(28)23(22)31-19/h6-11,16,26H,2-5,12-13H2,1H3,(H,33,34). The number of alkyl halides is 2. The Labute approximate surface area is 215 Å². The zero-order valence-corrected chi connectivity index (χ0v) is 20.6. The summed E-state index contributed by atoms with van der Waals surface area (Å²) >= 11 is 6.18. The molecule has 0 unspecified atom stereocenters. The smallest absolute Gasteiger partial charge is 0.387 e. The first-order valence-electron chi connectivity index (χ1n) is 11.7. The molecule has 1 saturated carbocycles. The van der Waals surface area contributed by atoms with Crippen molar-refractivity contribution in [3.63, 3.8) is 0 Å². The molecular formula is C26H24ClF3N2O5. The van der Waals surface area contributed by atoms with Gasteiger partial charge in [0.2, 0.25) is 0 Å². The Morgan fingerprint density at radius 2 is 1.89 bits per heavy atom. The molecule has 1 amide bonds. The first kappa shape index (κ1) is 26.5. The maximum Gasteiger partial charge on any atom is 0.387 e. The number of ether oxygens (including phenoxy) is 2. The molecule has 0 atom stereocenters. The van der Waals surface area contributed by atoms with Crippen LogP contribution in [0.15, 0.2) is 36.4 Å². The topological polar surface area (TPSA) is 89.0 Å². The van der Waals surface area contributed by atoms with Crippen LogP contribution in [0.5, 0.6) is 11.5 Å². The Hall–Kier alpha value is -3.53. The Morgan fingerprint density at radius 1 is 1.19 bits per heavy atom. The molecule has 37 heavy (non-hydrogen) atoms. The monoisotopic (exact) mass is 536 g/mol. The van der Waals surface area contributed by atoms with Crippen LogP contribution in [0.1, 0.15) is 53.4 Å². The number of carbonyl (C=O) groups excluding carboxylic acids is 1. The molecule has 1 N–H and O–H groups in total. The molecule has 4 rings (SSSR count). The number of carbonyl (C=O) groups is 2. The maximum absolute atomic E-state index is 14.7. The molecule has 7 nitrogen and oxygen atoms in total. The van der Waals surface area contributed by atoms with Crippen molar-refractivity contribution in [2.75, 3.05) is 6.61 Å². The van der Waals surface area contributed by atoms with Gasteiger partial charge >= 0.3 is 12.6 Å². The molecule has 11 heteroatoms. The summed E-state index contributed by atoms with van der Waals surface area (Å²) in [6, 6.07) is 8.72. The largest absolute Gasteiger partial charge is 0.481 e. The highest BCUT2D eigenvalue weighted by atomic mass is 35.5. The second kappa shape index (κ2) is 11.2. The minimum Gasteiger partial charge on any atom is -0.481 e. The predicted molar refractivity (Wildman–Crippen MR) is 130 cm³/mol. The van der Waals surface area contributed by atoms with E-state index in [0.717, 1.165) is 31.4 Å². The van der Waals surface area contributed by atoms with Crippen molar-refractivity contribution in [3.8, 4) is 11.5 Å². The molecule has 0 aliphatic heterocycles. The van der Waals surface area contributed by atoms with Crippen molar-refractivity contribution in [3.05, 3.63) is 64.6 Å². The second-order valence-electron chi connectivity index (χ2n) is 8.62. The van der Waals surface area contributed by atoms with Gasteiger partial charge < -0.3 is 14.6 Å². The van der Waals surface area contributed by atoms with Gasteiger partial charge in [0.05, 0.1) is 5.39 Å². The lowest BCUT2D eigenvalue weighted by molar-refractivity contribution is -0.139. The lowest BCUT2D eigenvalue weighted by atomic mass is 9.92. The van der Waals surface area contributed by atoms with Crippen LogP contribution in [0, 0.1) is 5.82 Å². The Bertz CT molecular complexity index is 1320. The van der Waals surface area contributed by atoms with Gasteiger partial charge in [0, 0.05) is 41.1 Å². The summed E-state index contributed by atoms with van der Waals surface area (Å²) in [5.74, 6) is -2.90. The van der Waals surface area contributed by atoms with Crippen LogP contribution in [-0.4, -0.2) is 45.6 Å². The van der Waals surface area contributed by atoms with Crippen molar-refractivity contribution in [2.24, 2.45) is 0 Å². The number of amides is 1. The van der Waals surface area contributed by atoms with Gasteiger partial charge in [0.1, 0.15) is 22.8 Å². The highest BCUT2D eigenvalue weighted by Crippen LogP contribution is 2.40. The third-order valence-corrected chi connectivity index (χ3v) is 6.68. The number of nitrogens with zero attached hydrogens (tertiary/aromatic N) is 2. The highest BCUT2D eigenvalue weighted by molar-refractivity contribution is 6.24. The van der Waals surface area contributed by atoms with Crippen LogP contribution in [0.25, 0.3) is 10.9 Å². The molecule has 1 aliphatic rings. The lowest BCUT2D eigenvalue weighted by Crippen LogP contribution is -2.37. The predicted octanol–water partition coefficient (Wildman–Crippen LogP) is 5.74. The average molecular weight is 537 g/mol. The van der Waals surface area contributed by atoms with E-state index in [9.17, 15) is 22.8 Å². The van der Waals surface area contributed by atoms with Gasteiger partial charge in [-0.2, -0.15) is 8.78 Å². The van der Waals surface area contributed by atoms with E-state index in [1.807, 2.05) is 0 Å². The van der Waals surface area contributed by atoms with Crippen molar-refractivity contribution in [1.29, 1.82) is 0 Å². The summed E-state index contributed by atoms with van der Waals surface area (Å²) in [5, 5.41) is 8.81. The molecule has 1 heterocycles. The zero-order chi connectivity index (χ0) is 26.7. The number of aromatic nitrogens is 1. The van der Waals surface area contributed by atoms with Crippen LogP contribution in [0.2, 0.25) is 0 Å². The fourth-order valence-corrected chi connectivity index (χ4v) is 4.48. The van der Waals surface area contributed by atoms with E-state index in [1.54, 1.807) is 31.2 Å². The van der Waals surface area contributed by atoms with Gasteiger partial charge in [-0.15, -0.1) is 0 Å². The molecule has 1 aliphatic carbocycles. The van der Waals surface area contributed by atoms with Gasteiger partial charge in [-0.05, 0) is 55.5 Å². The number of benzene rings is 2. The van der Waals surface area contributed by atoms with Crippen LogP contribution in [0.3, 0.4) is 0 Å². The Kier molecular flexibility index (Phi) is 8.06. The number of aliphatic carboxylic acids is 1. The third kappa shape index (κ3) is 5.74. The zero-order valence-electron chi connectivity index (χ0n) is 19.8. The Morgan fingerprint density at radius 3 is 2.46 bits per heavy atom. The van der Waals surface area contributed by atoms with Crippen molar-refractivity contribution in [1.82, 2.24) is 9.40 Å². The summed E-state index contributed by atoms with van der Waals surface area (Å²) in [6.45, 7) is -2.27. The SMILES string of the molecule is CCc1nc2c(F)ccc(OCC(=O)O)c2c(OC(F)F)c1Cc1ccc(C(=O)N(Cl)C2CCC2)cc1.